The second-order valence-electron chi connectivity index (χ2n) is 5.82. The topological polar surface area (TPSA) is 53.1 Å². The number of ether oxygens (including phenoxy) is 1. The molecule has 0 saturated heterocycles. The van der Waals surface area contributed by atoms with Gasteiger partial charge in [0.25, 0.3) is 0 Å². The van der Waals surface area contributed by atoms with Gasteiger partial charge in [-0.2, -0.15) is 5.10 Å². The Hall–Kier alpha value is -1.81. The molecule has 0 aliphatic heterocycles. The highest BCUT2D eigenvalue weighted by molar-refractivity contribution is 5.36. The van der Waals surface area contributed by atoms with Crippen molar-refractivity contribution in [2.24, 2.45) is 5.73 Å². The zero-order chi connectivity index (χ0) is 14.7. The van der Waals surface area contributed by atoms with Crippen LogP contribution >= 0.6 is 0 Å². The third-order valence-electron chi connectivity index (χ3n) is 4.23. The second kappa shape index (κ2) is 6.31. The van der Waals surface area contributed by atoms with Gasteiger partial charge in [0.1, 0.15) is 12.4 Å². The van der Waals surface area contributed by atoms with E-state index in [2.05, 4.69) is 28.1 Å². The largest absolute Gasteiger partial charge is 0.487 e. The van der Waals surface area contributed by atoms with Crippen molar-refractivity contribution in [1.29, 1.82) is 0 Å². The van der Waals surface area contributed by atoms with Crippen LogP contribution in [0.3, 0.4) is 0 Å². The van der Waals surface area contributed by atoms with Crippen LogP contribution in [-0.2, 0) is 13.2 Å². The molecular formula is C17H23N3O. The molecule has 0 atom stereocenters. The summed E-state index contributed by atoms with van der Waals surface area (Å²) in [5.74, 6) is 0.897. The van der Waals surface area contributed by atoms with Gasteiger partial charge in [0.2, 0.25) is 0 Å². The summed E-state index contributed by atoms with van der Waals surface area (Å²) in [5, 5.41) is 4.65. The van der Waals surface area contributed by atoms with Gasteiger partial charge in [-0.05, 0) is 43.0 Å². The lowest BCUT2D eigenvalue weighted by Gasteiger charge is -2.10. The zero-order valence-corrected chi connectivity index (χ0v) is 12.6. The van der Waals surface area contributed by atoms with Crippen molar-refractivity contribution in [3.8, 4) is 5.75 Å². The normalized spacial score (nSPS) is 15.5. The van der Waals surface area contributed by atoms with Crippen molar-refractivity contribution in [2.75, 3.05) is 0 Å². The van der Waals surface area contributed by atoms with Crippen LogP contribution in [0.1, 0.15) is 48.5 Å². The van der Waals surface area contributed by atoms with E-state index in [1.165, 1.54) is 25.7 Å². The number of nitrogens with two attached hydrogens (primary N) is 1. The minimum absolute atomic E-state index is 0.509. The number of nitrogens with zero attached hydrogens (tertiary/aromatic N) is 2. The molecule has 21 heavy (non-hydrogen) atoms. The predicted molar refractivity (Wildman–Crippen MR) is 83.1 cm³/mol. The van der Waals surface area contributed by atoms with Gasteiger partial charge >= 0.3 is 0 Å². The summed E-state index contributed by atoms with van der Waals surface area (Å²) in [6, 6.07) is 8.75. The molecule has 0 radical (unpaired) electrons. The Balaban J connectivity index is 1.64. The van der Waals surface area contributed by atoms with Crippen LogP contribution in [0.25, 0.3) is 0 Å². The summed E-state index contributed by atoms with van der Waals surface area (Å²) in [6.45, 7) is 3.09. The minimum Gasteiger partial charge on any atom is -0.487 e. The van der Waals surface area contributed by atoms with Gasteiger partial charge in [0.05, 0.1) is 11.7 Å². The van der Waals surface area contributed by atoms with E-state index in [-0.39, 0.29) is 0 Å². The van der Waals surface area contributed by atoms with Crippen LogP contribution in [0.4, 0.5) is 0 Å². The third kappa shape index (κ3) is 3.27. The number of hydrogen-bond acceptors (Lipinski definition) is 3. The Morgan fingerprint density at radius 3 is 2.86 bits per heavy atom. The molecule has 0 bridgehead atoms. The van der Waals surface area contributed by atoms with E-state index < -0.39 is 0 Å². The van der Waals surface area contributed by atoms with Crippen molar-refractivity contribution in [3.05, 3.63) is 47.3 Å². The molecule has 1 aromatic heterocycles. The summed E-state index contributed by atoms with van der Waals surface area (Å²) in [4.78, 5) is 0. The summed E-state index contributed by atoms with van der Waals surface area (Å²) in [5.41, 5.74) is 8.88. The standard InChI is InChI=1S/C17H23N3O/c1-13-6-7-14(11-18)10-17(13)21-12-15-8-9-20(19-15)16-4-2-3-5-16/h6-10,16H,2-5,11-12,18H2,1H3. The molecule has 1 saturated carbocycles. The van der Waals surface area contributed by atoms with Gasteiger partial charge in [0.15, 0.2) is 0 Å². The predicted octanol–water partition coefficient (Wildman–Crippen LogP) is 3.34. The first kappa shape index (κ1) is 14.1. The first-order valence-electron chi connectivity index (χ1n) is 7.72. The van der Waals surface area contributed by atoms with E-state index in [1.54, 1.807) is 0 Å². The lowest BCUT2D eigenvalue weighted by molar-refractivity contribution is 0.295. The first-order valence-corrected chi connectivity index (χ1v) is 7.72. The van der Waals surface area contributed by atoms with Crippen LogP contribution < -0.4 is 10.5 Å². The molecule has 4 nitrogen and oxygen atoms in total. The Morgan fingerprint density at radius 1 is 1.29 bits per heavy atom. The van der Waals surface area contributed by atoms with Gasteiger partial charge in [0, 0.05) is 12.7 Å². The van der Waals surface area contributed by atoms with E-state index in [1.807, 2.05) is 19.1 Å². The molecule has 112 valence electrons. The Labute approximate surface area is 125 Å². The third-order valence-corrected chi connectivity index (χ3v) is 4.23. The highest BCUT2D eigenvalue weighted by Gasteiger charge is 2.17. The minimum atomic E-state index is 0.509. The quantitative estimate of drug-likeness (QED) is 0.916. The molecular weight excluding hydrogens is 262 g/mol. The summed E-state index contributed by atoms with van der Waals surface area (Å²) < 4.78 is 8.02. The van der Waals surface area contributed by atoms with Crippen LogP contribution in [0.15, 0.2) is 30.5 Å². The Kier molecular flexibility index (Phi) is 4.25. The van der Waals surface area contributed by atoms with E-state index in [4.69, 9.17) is 10.5 Å². The number of hydrogen-bond donors (Lipinski definition) is 1. The lowest BCUT2D eigenvalue weighted by Crippen LogP contribution is -2.06. The van der Waals surface area contributed by atoms with Gasteiger partial charge in [-0.3, -0.25) is 4.68 Å². The summed E-state index contributed by atoms with van der Waals surface area (Å²) in [7, 11) is 0. The zero-order valence-electron chi connectivity index (χ0n) is 12.6. The molecule has 0 amide bonds. The molecule has 1 aliphatic rings. The SMILES string of the molecule is Cc1ccc(CN)cc1OCc1ccn(C2CCCC2)n1. The van der Waals surface area contributed by atoms with E-state index in [0.29, 0.717) is 19.2 Å². The van der Waals surface area contributed by atoms with Crippen molar-refractivity contribution in [2.45, 2.75) is 51.8 Å². The van der Waals surface area contributed by atoms with Crippen molar-refractivity contribution in [3.63, 3.8) is 0 Å². The van der Waals surface area contributed by atoms with E-state index in [9.17, 15) is 0 Å². The van der Waals surface area contributed by atoms with Gasteiger partial charge < -0.3 is 10.5 Å². The molecule has 0 unspecified atom stereocenters. The molecule has 4 heteroatoms. The Morgan fingerprint density at radius 2 is 2.10 bits per heavy atom. The van der Waals surface area contributed by atoms with E-state index >= 15 is 0 Å². The summed E-state index contributed by atoms with van der Waals surface area (Å²) in [6.07, 6.45) is 7.22. The maximum Gasteiger partial charge on any atom is 0.132 e. The fourth-order valence-electron chi connectivity index (χ4n) is 2.91. The van der Waals surface area contributed by atoms with Crippen molar-refractivity contribution >= 4 is 0 Å². The molecule has 0 spiro atoms. The maximum absolute atomic E-state index is 5.91. The molecule has 3 rings (SSSR count). The molecule has 1 fully saturated rings. The number of aryl methyl sites for hydroxylation is 1. The molecule has 2 aromatic rings. The monoisotopic (exact) mass is 285 g/mol. The molecule has 2 N–H and O–H groups in total. The van der Waals surface area contributed by atoms with Crippen molar-refractivity contribution < 1.29 is 4.74 Å². The average molecular weight is 285 g/mol. The number of rotatable bonds is 5. The van der Waals surface area contributed by atoms with Gasteiger partial charge in [-0.25, -0.2) is 0 Å². The molecule has 1 heterocycles. The van der Waals surface area contributed by atoms with E-state index in [0.717, 1.165) is 22.6 Å². The lowest BCUT2D eigenvalue weighted by atomic mass is 10.1. The number of benzene rings is 1. The highest BCUT2D eigenvalue weighted by atomic mass is 16.5. The van der Waals surface area contributed by atoms with Crippen LogP contribution in [0.5, 0.6) is 5.75 Å². The van der Waals surface area contributed by atoms with Gasteiger partial charge in [-0.15, -0.1) is 0 Å². The van der Waals surface area contributed by atoms with Gasteiger partial charge in [-0.1, -0.05) is 25.0 Å². The molecule has 1 aliphatic carbocycles. The summed E-state index contributed by atoms with van der Waals surface area (Å²) >= 11 is 0. The van der Waals surface area contributed by atoms with Crippen LogP contribution in [0, 0.1) is 6.92 Å². The first-order chi connectivity index (χ1) is 10.3. The van der Waals surface area contributed by atoms with Crippen LogP contribution in [-0.4, -0.2) is 9.78 Å². The van der Waals surface area contributed by atoms with Crippen LogP contribution in [0.2, 0.25) is 0 Å². The average Bonchev–Trinajstić information content (AvgIpc) is 3.17. The second-order valence-corrected chi connectivity index (χ2v) is 5.82. The fraction of sp³-hybridized carbons (Fsp3) is 0.471. The van der Waals surface area contributed by atoms with Crippen molar-refractivity contribution in [1.82, 2.24) is 9.78 Å². The smallest absolute Gasteiger partial charge is 0.132 e. The Bertz CT molecular complexity index is 600. The fourth-order valence-corrected chi connectivity index (χ4v) is 2.91. The highest BCUT2D eigenvalue weighted by Crippen LogP contribution is 2.29. The maximum atomic E-state index is 5.91. The molecule has 1 aromatic carbocycles. The number of aromatic nitrogens is 2.